The average molecular weight is 316 g/mol. The van der Waals surface area contributed by atoms with Crippen molar-refractivity contribution in [1.29, 1.82) is 0 Å². The largest absolute Gasteiger partial charge is 0.354 e. The van der Waals surface area contributed by atoms with Crippen molar-refractivity contribution in [3.63, 3.8) is 0 Å². The Bertz CT molecular complexity index is 580. The quantitative estimate of drug-likeness (QED) is 0.831. The molecule has 8 heteroatoms. The summed E-state index contributed by atoms with van der Waals surface area (Å²) in [6, 6.07) is -0.387. The summed E-state index contributed by atoms with van der Waals surface area (Å²) in [6.45, 7) is 3.04. The molecular formula is C12H15Cl2N5O. The fourth-order valence-electron chi connectivity index (χ4n) is 1.71. The zero-order valence-electron chi connectivity index (χ0n) is 11.0. The van der Waals surface area contributed by atoms with Crippen LogP contribution in [0.5, 0.6) is 0 Å². The van der Waals surface area contributed by atoms with Crippen molar-refractivity contribution in [2.24, 2.45) is 0 Å². The van der Waals surface area contributed by atoms with Gasteiger partial charge in [-0.15, -0.1) is 0 Å². The molecule has 6 nitrogen and oxygen atoms in total. The Morgan fingerprint density at radius 3 is 2.60 bits per heavy atom. The number of carbonyl (C=O) groups excluding carboxylic acids is 1. The van der Waals surface area contributed by atoms with E-state index in [1.54, 1.807) is 30.2 Å². The molecule has 1 amide bonds. The van der Waals surface area contributed by atoms with E-state index in [0.29, 0.717) is 23.1 Å². The van der Waals surface area contributed by atoms with E-state index < -0.39 is 0 Å². The van der Waals surface area contributed by atoms with Crippen molar-refractivity contribution < 1.29 is 4.79 Å². The van der Waals surface area contributed by atoms with Crippen LogP contribution in [0.2, 0.25) is 10.0 Å². The Morgan fingerprint density at radius 2 is 2.00 bits per heavy atom. The number of amides is 1. The molecule has 0 radical (unpaired) electrons. The van der Waals surface area contributed by atoms with E-state index in [0.717, 1.165) is 6.42 Å². The molecule has 1 atom stereocenters. The number of hydrogen-bond donors (Lipinski definition) is 1. The minimum atomic E-state index is -0.387. The summed E-state index contributed by atoms with van der Waals surface area (Å²) in [5, 5.41) is 12.0. The second-order valence-corrected chi connectivity index (χ2v) is 5.25. The molecule has 20 heavy (non-hydrogen) atoms. The van der Waals surface area contributed by atoms with Gasteiger partial charge < -0.3 is 5.32 Å². The molecule has 1 unspecified atom stereocenters. The molecule has 0 saturated heterocycles. The van der Waals surface area contributed by atoms with Gasteiger partial charge in [0.15, 0.2) is 0 Å². The third kappa shape index (κ3) is 3.98. The summed E-state index contributed by atoms with van der Waals surface area (Å²) in [4.78, 5) is 11.9. The highest BCUT2D eigenvalue weighted by Gasteiger charge is 2.14. The van der Waals surface area contributed by atoms with Gasteiger partial charge in [-0.05, 0) is 13.3 Å². The molecule has 2 aromatic rings. The van der Waals surface area contributed by atoms with E-state index in [1.165, 1.54) is 10.9 Å². The third-order valence-corrected chi connectivity index (χ3v) is 3.20. The van der Waals surface area contributed by atoms with Gasteiger partial charge in [0.05, 0.1) is 22.4 Å². The molecule has 0 aliphatic heterocycles. The molecule has 2 heterocycles. The second-order valence-electron chi connectivity index (χ2n) is 4.38. The highest BCUT2D eigenvalue weighted by molar-refractivity contribution is 6.30. The first-order valence-corrected chi connectivity index (χ1v) is 6.97. The van der Waals surface area contributed by atoms with E-state index in [2.05, 4.69) is 15.5 Å². The Morgan fingerprint density at radius 1 is 1.30 bits per heavy atom. The van der Waals surface area contributed by atoms with Crippen molar-refractivity contribution >= 4 is 29.1 Å². The summed E-state index contributed by atoms with van der Waals surface area (Å²) in [5.41, 5.74) is 0. The molecule has 0 saturated carbocycles. The van der Waals surface area contributed by atoms with Gasteiger partial charge in [-0.2, -0.15) is 10.2 Å². The monoisotopic (exact) mass is 315 g/mol. The Balaban J connectivity index is 1.72. The number of carbonyl (C=O) groups is 1. The predicted molar refractivity (Wildman–Crippen MR) is 76.8 cm³/mol. The van der Waals surface area contributed by atoms with E-state index in [-0.39, 0.29) is 11.9 Å². The number of hydrogen-bond acceptors (Lipinski definition) is 3. The zero-order valence-corrected chi connectivity index (χ0v) is 12.5. The first kappa shape index (κ1) is 14.9. The van der Waals surface area contributed by atoms with Gasteiger partial charge in [0, 0.05) is 25.5 Å². The van der Waals surface area contributed by atoms with Crippen LogP contribution in [0.25, 0.3) is 0 Å². The van der Waals surface area contributed by atoms with Crippen LogP contribution in [-0.2, 0) is 11.3 Å². The third-order valence-electron chi connectivity index (χ3n) is 2.81. The van der Waals surface area contributed by atoms with E-state index in [1.807, 2.05) is 0 Å². The van der Waals surface area contributed by atoms with Crippen molar-refractivity contribution in [2.75, 3.05) is 6.54 Å². The number of nitrogens with zero attached hydrogens (tertiary/aromatic N) is 4. The number of aromatic nitrogens is 4. The molecule has 0 bridgehead atoms. The van der Waals surface area contributed by atoms with Crippen molar-refractivity contribution in [3.8, 4) is 0 Å². The van der Waals surface area contributed by atoms with Crippen LogP contribution in [0, 0.1) is 0 Å². The highest BCUT2D eigenvalue weighted by Crippen LogP contribution is 2.10. The normalized spacial score (nSPS) is 12.3. The molecule has 0 aliphatic carbocycles. The second kappa shape index (κ2) is 6.76. The number of rotatable bonds is 6. The van der Waals surface area contributed by atoms with Gasteiger partial charge in [-0.3, -0.25) is 14.2 Å². The molecule has 108 valence electrons. The van der Waals surface area contributed by atoms with E-state index >= 15 is 0 Å². The summed E-state index contributed by atoms with van der Waals surface area (Å²) < 4.78 is 3.27. The standard InChI is InChI=1S/C12H15Cl2N5O/c1-9(19-8-11(14)6-17-19)12(20)15-3-2-4-18-7-10(13)5-16-18/h5-9H,2-4H2,1H3,(H,15,20). The summed E-state index contributed by atoms with van der Waals surface area (Å²) in [7, 11) is 0. The van der Waals surface area contributed by atoms with Gasteiger partial charge in [0.1, 0.15) is 6.04 Å². The lowest BCUT2D eigenvalue weighted by Crippen LogP contribution is -2.32. The van der Waals surface area contributed by atoms with Crippen molar-refractivity contribution in [3.05, 3.63) is 34.8 Å². The number of halogens is 2. The maximum Gasteiger partial charge on any atom is 0.244 e. The first-order chi connectivity index (χ1) is 9.56. The molecule has 0 aromatic carbocycles. The van der Waals surface area contributed by atoms with Gasteiger partial charge in [-0.25, -0.2) is 0 Å². The summed E-state index contributed by atoms with van der Waals surface area (Å²) >= 11 is 11.5. The lowest BCUT2D eigenvalue weighted by molar-refractivity contribution is -0.124. The van der Waals surface area contributed by atoms with Crippen LogP contribution >= 0.6 is 23.2 Å². The van der Waals surface area contributed by atoms with E-state index in [4.69, 9.17) is 23.2 Å². The minimum absolute atomic E-state index is 0.0942. The predicted octanol–water partition coefficient (Wildman–Crippen LogP) is 2.15. The lowest BCUT2D eigenvalue weighted by Gasteiger charge is -2.12. The highest BCUT2D eigenvalue weighted by atomic mass is 35.5. The van der Waals surface area contributed by atoms with Gasteiger partial charge in [0.25, 0.3) is 0 Å². The van der Waals surface area contributed by atoms with E-state index in [9.17, 15) is 4.79 Å². The number of aryl methyl sites for hydroxylation is 1. The Hall–Kier alpha value is -1.53. The van der Waals surface area contributed by atoms with Crippen LogP contribution in [0.15, 0.2) is 24.8 Å². The molecule has 2 aromatic heterocycles. The average Bonchev–Trinajstić information content (AvgIpc) is 3.02. The topological polar surface area (TPSA) is 64.7 Å². The molecular weight excluding hydrogens is 301 g/mol. The van der Waals surface area contributed by atoms with Crippen LogP contribution < -0.4 is 5.32 Å². The van der Waals surface area contributed by atoms with Crippen molar-refractivity contribution in [2.45, 2.75) is 25.9 Å². The molecule has 0 spiro atoms. The maximum absolute atomic E-state index is 11.9. The van der Waals surface area contributed by atoms with Crippen molar-refractivity contribution in [1.82, 2.24) is 24.9 Å². The lowest BCUT2D eigenvalue weighted by atomic mass is 10.3. The van der Waals surface area contributed by atoms with Crippen LogP contribution in [-0.4, -0.2) is 32.0 Å². The Kier molecular flexibility index (Phi) is 5.03. The SMILES string of the molecule is CC(C(=O)NCCCn1cc(Cl)cn1)n1cc(Cl)cn1. The van der Waals surface area contributed by atoms with Gasteiger partial charge in [0.2, 0.25) is 5.91 Å². The number of nitrogens with one attached hydrogen (secondary N) is 1. The smallest absolute Gasteiger partial charge is 0.244 e. The summed E-state index contributed by atoms with van der Waals surface area (Å²) in [5.74, 6) is -0.0942. The molecule has 1 N–H and O–H groups in total. The summed E-state index contributed by atoms with van der Waals surface area (Å²) in [6.07, 6.45) is 7.24. The van der Waals surface area contributed by atoms with Crippen LogP contribution in [0.3, 0.4) is 0 Å². The fraction of sp³-hybridized carbons (Fsp3) is 0.417. The van der Waals surface area contributed by atoms with Crippen LogP contribution in [0.1, 0.15) is 19.4 Å². The minimum Gasteiger partial charge on any atom is -0.354 e. The van der Waals surface area contributed by atoms with Gasteiger partial charge in [-0.1, -0.05) is 23.2 Å². The first-order valence-electron chi connectivity index (χ1n) is 6.21. The Labute approximate surface area is 126 Å². The van der Waals surface area contributed by atoms with Gasteiger partial charge >= 0.3 is 0 Å². The maximum atomic E-state index is 11.9. The fourth-order valence-corrected chi connectivity index (χ4v) is 2.01. The van der Waals surface area contributed by atoms with Crippen LogP contribution in [0.4, 0.5) is 0 Å². The molecule has 2 rings (SSSR count). The molecule has 0 aliphatic rings. The molecule has 0 fully saturated rings. The zero-order chi connectivity index (χ0) is 14.5.